The van der Waals surface area contributed by atoms with E-state index in [0.717, 1.165) is 63.5 Å². The first kappa shape index (κ1) is 41.1. The Hall–Kier alpha value is -2.89. The van der Waals surface area contributed by atoms with E-state index in [-0.39, 0.29) is 12.3 Å². The van der Waals surface area contributed by atoms with Crippen molar-refractivity contribution in [2.75, 3.05) is 13.1 Å². The van der Waals surface area contributed by atoms with Crippen molar-refractivity contribution in [3.63, 3.8) is 0 Å². The van der Waals surface area contributed by atoms with Crippen LogP contribution < -0.4 is 16.0 Å². The van der Waals surface area contributed by atoms with Crippen LogP contribution in [0.15, 0.2) is 24.3 Å². The highest BCUT2D eigenvalue weighted by Gasteiger charge is 2.50. The molecule has 14 heteroatoms. The Morgan fingerprint density at radius 1 is 0.826 bits per heavy atom. The van der Waals surface area contributed by atoms with Crippen molar-refractivity contribution in [3.05, 3.63) is 35.4 Å². The molecule has 3 atom stereocenters. The van der Waals surface area contributed by atoms with Gasteiger partial charge in [0.1, 0.15) is 18.1 Å². The first-order chi connectivity index (χ1) is 21.5. The Kier molecular flexibility index (Phi) is 17.6. The van der Waals surface area contributed by atoms with Crippen molar-refractivity contribution in [3.8, 4) is 0 Å². The lowest BCUT2D eigenvalue weighted by Crippen LogP contribution is -2.58. The van der Waals surface area contributed by atoms with Crippen LogP contribution in [0.25, 0.3) is 0 Å². The molecule has 5 N–H and O–H groups in total. The summed E-state index contributed by atoms with van der Waals surface area (Å²) in [5.74, 6) is -2.41. The number of rotatable bonds is 21. The maximum Gasteiger partial charge on any atom is 0.399 e. The number of unbranched alkanes of at least 4 members (excludes halogenated alkanes) is 6. The van der Waals surface area contributed by atoms with Crippen molar-refractivity contribution in [1.29, 1.82) is 0 Å². The van der Waals surface area contributed by atoms with Gasteiger partial charge < -0.3 is 30.6 Å². The van der Waals surface area contributed by atoms with Crippen LogP contribution in [0.2, 0.25) is 0 Å². The Bertz CT molecular complexity index is 1170. The minimum absolute atomic E-state index is 0.153. The van der Waals surface area contributed by atoms with Crippen LogP contribution in [-0.2, 0) is 35.8 Å². The second kappa shape index (κ2) is 19.7. The van der Waals surface area contributed by atoms with Crippen molar-refractivity contribution >= 4 is 31.2 Å². The predicted octanol–water partition coefficient (Wildman–Crippen LogP) is 4.60. The molecule has 0 aliphatic carbocycles. The quantitative estimate of drug-likeness (QED) is 0.0940. The Balaban J connectivity index is 3.02. The topological polar surface area (TPSA) is 165 Å². The molecule has 0 heterocycles. The molecule has 0 aliphatic rings. The van der Waals surface area contributed by atoms with E-state index in [0.29, 0.717) is 18.7 Å². The maximum atomic E-state index is 14.1. The van der Waals surface area contributed by atoms with Crippen LogP contribution in [0, 0.1) is 5.92 Å². The Labute approximate surface area is 271 Å². The average Bonchev–Trinajstić information content (AvgIpc) is 2.97. The fraction of sp³-hybridized carbons (Fsp3) is 0.688. The van der Waals surface area contributed by atoms with E-state index in [1.165, 1.54) is 19.1 Å². The predicted molar refractivity (Wildman–Crippen MR) is 173 cm³/mol. The maximum absolute atomic E-state index is 14.1. The van der Waals surface area contributed by atoms with Crippen LogP contribution in [0.4, 0.5) is 8.78 Å². The zero-order valence-corrected chi connectivity index (χ0v) is 28.9. The highest BCUT2D eigenvalue weighted by atomic mass is 31.2. The fourth-order valence-corrected chi connectivity index (χ4v) is 5.40. The molecule has 0 fully saturated rings. The van der Waals surface area contributed by atoms with Crippen molar-refractivity contribution in [2.24, 2.45) is 5.92 Å². The van der Waals surface area contributed by atoms with Crippen LogP contribution in [0.3, 0.4) is 0 Å². The molecular formula is C32H53F2N4O7P. The first-order valence-electron chi connectivity index (χ1n) is 16.2. The molecule has 1 aromatic carbocycles. The van der Waals surface area contributed by atoms with Crippen LogP contribution in [0.1, 0.15) is 104 Å². The van der Waals surface area contributed by atoms with E-state index in [1.807, 2.05) is 0 Å². The number of halogens is 2. The summed E-state index contributed by atoms with van der Waals surface area (Å²) in [5.41, 5.74) is -4.97. The molecule has 1 aromatic rings. The Morgan fingerprint density at radius 2 is 1.35 bits per heavy atom. The van der Waals surface area contributed by atoms with Gasteiger partial charge in [0.2, 0.25) is 23.6 Å². The van der Waals surface area contributed by atoms with Crippen LogP contribution in [-0.4, -0.2) is 69.5 Å². The number of carbonyl (C=O) groups is 4. The highest BCUT2D eigenvalue weighted by molar-refractivity contribution is 7.52. The second-order valence-corrected chi connectivity index (χ2v) is 13.8. The van der Waals surface area contributed by atoms with E-state index in [2.05, 4.69) is 29.8 Å². The summed E-state index contributed by atoms with van der Waals surface area (Å²) in [7, 11) is -5.76. The smallest absolute Gasteiger partial charge is 0.344 e. The first-order valence-corrected chi connectivity index (χ1v) is 17.8. The molecule has 0 aromatic heterocycles. The number of hydrogen-bond donors (Lipinski definition) is 5. The van der Waals surface area contributed by atoms with E-state index in [1.54, 1.807) is 25.7 Å². The lowest BCUT2D eigenvalue weighted by atomic mass is 10.00. The third-order valence-corrected chi connectivity index (χ3v) is 8.64. The Morgan fingerprint density at radius 3 is 1.78 bits per heavy atom. The van der Waals surface area contributed by atoms with E-state index in [9.17, 15) is 32.5 Å². The van der Waals surface area contributed by atoms with Gasteiger partial charge in [0.05, 0.1) is 0 Å². The molecule has 0 saturated carbocycles. The van der Waals surface area contributed by atoms with Crippen LogP contribution >= 0.6 is 7.60 Å². The van der Waals surface area contributed by atoms with Gasteiger partial charge in [0.15, 0.2) is 0 Å². The van der Waals surface area contributed by atoms with Crippen molar-refractivity contribution in [2.45, 2.75) is 123 Å². The van der Waals surface area contributed by atoms with Gasteiger partial charge in [-0.3, -0.25) is 23.7 Å². The fourth-order valence-electron chi connectivity index (χ4n) is 4.92. The summed E-state index contributed by atoms with van der Waals surface area (Å²) < 4.78 is 39.3. The molecule has 262 valence electrons. The average molecular weight is 675 g/mol. The molecular weight excluding hydrogens is 621 g/mol. The minimum atomic E-state index is -5.76. The second-order valence-electron chi connectivity index (χ2n) is 12.1. The lowest BCUT2D eigenvalue weighted by Gasteiger charge is -2.29. The van der Waals surface area contributed by atoms with Gasteiger partial charge in [-0.1, -0.05) is 90.5 Å². The van der Waals surface area contributed by atoms with Gasteiger partial charge in [-0.05, 0) is 31.2 Å². The number of alkyl halides is 2. The molecule has 11 nitrogen and oxygen atoms in total. The number of nitrogens with zero attached hydrogens (tertiary/aromatic N) is 1. The lowest BCUT2D eigenvalue weighted by molar-refractivity contribution is -0.137. The summed E-state index contributed by atoms with van der Waals surface area (Å²) >= 11 is 0. The third-order valence-electron chi connectivity index (χ3n) is 7.65. The molecule has 0 bridgehead atoms. The van der Waals surface area contributed by atoms with E-state index < -0.39 is 60.6 Å². The van der Waals surface area contributed by atoms with Gasteiger partial charge >= 0.3 is 13.3 Å². The summed E-state index contributed by atoms with van der Waals surface area (Å²) in [5, 5.41) is 7.89. The summed E-state index contributed by atoms with van der Waals surface area (Å²) in [6.45, 7) is 11.7. The molecule has 1 rings (SSSR count). The number of benzene rings is 1. The van der Waals surface area contributed by atoms with Gasteiger partial charge in [-0.2, -0.15) is 8.78 Å². The number of hydrogen-bond acceptors (Lipinski definition) is 5. The number of carbonyl (C=O) groups excluding carboxylic acids is 4. The molecule has 0 saturated heterocycles. The molecule has 0 radical (unpaired) electrons. The van der Waals surface area contributed by atoms with Crippen molar-refractivity contribution < 1.29 is 42.3 Å². The SMILES string of the molecule is CCCCCCN(CCCCCC)C(=O)C(C)NC(=O)[C@@H](NC(=O)[C@@H](Cc1ccc(C(F)(F)P(=O)(O)O)cc1)NC(C)=O)C(C)C. The standard InChI is InChI=1S/C32H53F2N4O7P/c1-7-9-11-13-19-38(20-14-12-10-8-2)31(42)23(5)35-30(41)28(22(3)4)37-29(40)27(36-24(6)39)21-25-15-17-26(18-16-25)32(33,34)46(43,44)45/h15-18,22-23,27-28H,7-14,19-21H2,1-6H3,(H,35,41)(H,36,39)(H,37,40)(H2,43,44,45)/t23?,27-,28+/m1/s1. The summed E-state index contributed by atoms with van der Waals surface area (Å²) in [6, 6.07) is 0.965. The van der Waals surface area contributed by atoms with Crippen LogP contribution in [0.5, 0.6) is 0 Å². The van der Waals surface area contributed by atoms with Gasteiger partial charge in [0, 0.05) is 32.0 Å². The normalized spacial score (nSPS) is 13.9. The summed E-state index contributed by atoms with van der Waals surface area (Å²) in [6.07, 6.45) is 7.93. The molecule has 46 heavy (non-hydrogen) atoms. The molecule has 1 unspecified atom stereocenters. The minimum Gasteiger partial charge on any atom is -0.344 e. The molecule has 0 aliphatic heterocycles. The highest BCUT2D eigenvalue weighted by Crippen LogP contribution is 2.59. The van der Waals surface area contributed by atoms with Gasteiger partial charge in [-0.25, -0.2) is 0 Å². The third kappa shape index (κ3) is 13.5. The number of nitrogens with one attached hydrogen (secondary N) is 3. The number of amides is 4. The monoisotopic (exact) mass is 674 g/mol. The van der Waals surface area contributed by atoms with Gasteiger partial charge in [0.25, 0.3) is 0 Å². The van der Waals surface area contributed by atoms with E-state index >= 15 is 0 Å². The molecule has 4 amide bonds. The molecule has 0 spiro atoms. The zero-order chi connectivity index (χ0) is 35.1. The zero-order valence-electron chi connectivity index (χ0n) is 28.0. The summed E-state index contributed by atoms with van der Waals surface area (Å²) in [4.78, 5) is 71.7. The largest absolute Gasteiger partial charge is 0.399 e. The van der Waals surface area contributed by atoms with Crippen molar-refractivity contribution in [1.82, 2.24) is 20.9 Å². The van der Waals surface area contributed by atoms with E-state index in [4.69, 9.17) is 9.79 Å². The van der Waals surface area contributed by atoms with Gasteiger partial charge in [-0.15, -0.1) is 0 Å².